The van der Waals surface area contributed by atoms with E-state index in [2.05, 4.69) is 58.8 Å². The number of amides is 1. The van der Waals surface area contributed by atoms with Crippen molar-refractivity contribution in [2.75, 3.05) is 18.4 Å². The molecule has 1 aromatic carbocycles. The van der Waals surface area contributed by atoms with Gasteiger partial charge in [-0.25, -0.2) is 4.68 Å². The Morgan fingerprint density at radius 3 is 2.57 bits per heavy atom. The molecule has 2 aromatic rings. The fourth-order valence-electron chi connectivity index (χ4n) is 3.72. The van der Waals surface area contributed by atoms with E-state index >= 15 is 0 Å². The minimum atomic E-state index is 0.00351. The molecule has 0 bridgehead atoms. The van der Waals surface area contributed by atoms with Gasteiger partial charge in [0.15, 0.2) is 5.82 Å². The number of carbonyl (C=O) groups excluding carboxylic acids is 1. The van der Waals surface area contributed by atoms with Crippen molar-refractivity contribution in [3.05, 3.63) is 41.2 Å². The van der Waals surface area contributed by atoms with E-state index < -0.39 is 0 Å². The van der Waals surface area contributed by atoms with Crippen molar-refractivity contribution in [2.24, 2.45) is 13.0 Å². The minimum Gasteiger partial charge on any atom is -0.317 e. The Kier molecular flexibility index (Phi) is 7.20. The number of nitrogens with zero attached hydrogens (tertiary/aromatic N) is 3. The molecular weight excluding hydrogens is 350 g/mol. The lowest BCUT2D eigenvalue weighted by Gasteiger charge is -2.19. The van der Waals surface area contributed by atoms with Gasteiger partial charge in [0.2, 0.25) is 11.9 Å². The summed E-state index contributed by atoms with van der Waals surface area (Å²) in [4.78, 5) is 16.9. The highest BCUT2D eigenvalue weighted by Gasteiger charge is 2.21. The number of nitrogens with one attached hydrogen (secondary N) is 2. The van der Waals surface area contributed by atoms with Crippen molar-refractivity contribution in [1.29, 1.82) is 0 Å². The van der Waals surface area contributed by atoms with E-state index in [4.69, 9.17) is 0 Å². The van der Waals surface area contributed by atoms with Gasteiger partial charge in [0, 0.05) is 19.4 Å². The Morgan fingerprint density at radius 1 is 1.21 bits per heavy atom. The molecule has 1 aliphatic rings. The Morgan fingerprint density at radius 2 is 1.89 bits per heavy atom. The zero-order valence-corrected chi connectivity index (χ0v) is 17.4. The van der Waals surface area contributed by atoms with Crippen LogP contribution < -0.4 is 10.6 Å². The van der Waals surface area contributed by atoms with Gasteiger partial charge in [-0.05, 0) is 62.2 Å². The third-order valence-corrected chi connectivity index (χ3v) is 5.27. The monoisotopic (exact) mass is 383 g/mol. The molecule has 152 valence electrons. The number of rotatable bonds is 8. The van der Waals surface area contributed by atoms with Gasteiger partial charge >= 0.3 is 0 Å². The van der Waals surface area contributed by atoms with Crippen molar-refractivity contribution in [3.63, 3.8) is 0 Å². The maximum atomic E-state index is 12.3. The molecule has 6 heteroatoms. The maximum absolute atomic E-state index is 12.3. The van der Waals surface area contributed by atoms with Gasteiger partial charge in [0.05, 0.1) is 0 Å². The predicted octanol–water partition coefficient (Wildman–Crippen LogP) is 3.44. The molecule has 0 unspecified atom stereocenters. The third kappa shape index (κ3) is 5.89. The van der Waals surface area contributed by atoms with Crippen molar-refractivity contribution < 1.29 is 4.79 Å². The molecule has 0 spiro atoms. The van der Waals surface area contributed by atoms with Crippen LogP contribution in [-0.4, -0.2) is 33.8 Å². The molecule has 1 saturated heterocycles. The van der Waals surface area contributed by atoms with Crippen molar-refractivity contribution in [1.82, 2.24) is 20.1 Å². The zero-order valence-electron chi connectivity index (χ0n) is 17.4. The van der Waals surface area contributed by atoms with Crippen LogP contribution in [0.1, 0.15) is 62.4 Å². The zero-order chi connectivity index (χ0) is 19.9. The molecule has 1 amide bonds. The van der Waals surface area contributed by atoms with E-state index in [0.29, 0.717) is 24.2 Å². The molecule has 3 rings (SSSR count). The van der Waals surface area contributed by atoms with Gasteiger partial charge in [0.25, 0.3) is 0 Å². The number of benzene rings is 1. The number of piperidine rings is 1. The number of aryl methyl sites for hydroxylation is 2. The lowest BCUT2D eigenvalue weighted by Crippen LogP contribution is -2.27. The standard InChI is InChI=1S/C22H33N5O/c1-16(2)15-18-9-7-17(8-10-18)5-4-6-20(28)24-22-25-21(26-27(22)3)19-11-13-23-14-12-19/h7-10,16,19,23H,4-6,11-15H2,1-3H3,(H,24,25,26,28). The Hall–Kier alpha value is -2.21. The van der Waals surface area contributed by atoms with E-state index in [1.807, 2.05) is 7.05 Å². The van der Waals surface area contributed by atoms with Crippen LogP contribution in [0.4, 0.5) is 5.95 Å². The van der Waals surface area contributed by atoms with Gasteiger partial charge < -0.3 is 5.32 Å². The molecule has 0 aliphatic carbocycles. The minimum absolute atomic E-state index is 0.00351. The molecule has 1 aromatic heterocycles. The first kappa shape index (κ1) is 20.5. The van der Waals surface area contributed by atoms with Gasteiger partial charge in [0.1, 0.15) is 0 Å². The lowest BCUT2D eigenvalue weighted by molar-refractivity contribution is -0.116. The molecule has 0 atom stereocenters. The van der Waals surface area contributed by atoms with Crippen molar-refractivity contribution in [3.8, 4) is 0 Å². The quantitative estimate of drug-likeness (QED) is 0.732. The topological polar surface area (TPSA) is 71.8 Å². The van der Waals surface area contributed by atoms with Crippen LogP contribution in [0.2, 0.25) is 0 Å². The van der Waals surface area contributed by atoms with E-state index in [1.54, 1.807) is 4.68 Å². The van der Waals surface area contributed by atoms with Crippen LogP contribution in [0.25, 0.3) is 0 Å². The Bertz CT molecular complexity index is 760. The van der Waals surface area contributed by atoms with Gasteiger partial charge in [-0.15, -0.1) is 0 Å². The van der Waals surface area contributed by atoms with Crippen molar-refractivity contribution in [2.45, 2.75) is 58.3 Å². The van der Waals surface area contributed by atoms with Crippen LogP contribution in [0.3, 0.4) is 0 Å². The van der Waals surface area contributed by atoms with Gasteiger partial charge in [-0.1, -0.05) is 38.1 Å². The van der Waals surface area contributed by atoms with E-state index in [-0.39, 0.29) is 5.91 Å². The van der Waals surface area contributed by atoms with Crippen LogP contribution >= 0.6 is 0 Å². The SMILES string of the molecule is CC(C)Cc1ccc(CCCC(=O)Nc2nc(C3CCNCC3)nn2C)cc1. The van der Waals surface area contributed by atoms with Gasteiger partial charge in [-0.2, -0.15) is 10.1 Å². The average molecular weight is 384 g/mol. The summed E-state index contributed by atoms with van der Waals surface area (Å²) in [6.45, 7) is 6.48. The molecule has 0 radical (unpaired) electrons. The molecular formula is C22H33N5O. The smallest absolute Gasteiger partial charge is 0.227 e. The van der Waals surface area contributed by atoms with Crippen LogP contribution in [0.5, 0.6) is 0 Å². The summed E-state index contributed by atoms with van der Waals surface area (Å²) in [5.41, 5.74) is 2.66. The summed E-state index contributed by atoms with van der Waals surface area (Å²) >= 11 is 0. The first-order chi connectivity index (χ1) is 13.5. The largest absolute Gasteiger partial charge is 0.317 e. The summed E-state index contributed by atoms with van der Waals surface area (Å²) in [5.74, 6) is 2.46. The molecule has 28 heavy (non-hydrogen) atoms. The maximum Gasteiger partial charge on any atom is 0.227 e. The number of aromatic nitrogens is 3. The fraction of sp³-hybridized carbons (Fsp3) is 0.591. The Labute approximate surface area is 168 Å². The molecule has 1 fully saturated rings. The molecule has 0 saturated carbocycles. The average Bonchev–Trinajstić information content (AvgIpc) is 3.04. The number of anilines is 1. The molecule has 2 N–H and O–H groups in total. The first-order valence-corrected chi connectivity index (χ1v) is 10.5. The third-order valence-electron chi connectivity index (χ3n) is 5.27. The van der Waals surface area contributed by atoms with Crippen molar-refractivity contribution >= 4 is 11.9 Å². The molecule has 2 heterocycles. The Balaban J connectivity index is 1.45. The lowest BCUT2D eigenvalue weighted by atomic mass is 9.98. The van der Waals surface area contributed by atoms with Gasteiger partial charge in [-0.3, -0.25) is 10.1 Å². The summed E-state index contributed by atoms with van der Waals surface area (Å²) < 4.78 is 1.68. The second-order valence-electron chi connectivity index (χ2n) is 8.26. The first-order valence-electron chi connectivity index (χ1n) is 10.5. The number of carbonyl (C=O) groups is 1. The number of hydrogen-bond donors (Lipinski definition) is 2. The summed E-state index contributed by atoms with van der Waals surface area (Å²) in [5, 5.41) is 10.8. The van der Waals surface area contributed by atoms with E-state index in [9.17, 15) is 4.79 Å². The van der Waals surface area contributed by atoms with Crippen LogP contribution in [0, 0.1) is 5.92 Å². The highest BCUT2D eigenvalue weighted by atomic mass is 16.1. The predicted molar refractivity (Wildman–Crippen MR) is 112 cm³/mol. The molecule has 1 aliphatic heterocycles. The van der Waals surface area contributed by atoms with E-state index in [0.717, 1.165) is 51.0 Å². The summed E-state index contributed by atoms with van der Waals surface area (Å²) in [6.07, 6.45) is 5.44. The summed E-state index contributed by atoms with van der Waals surface area (Å²) in [6, 6.07) is 8.78. The highest BCUT2D eigenvalue weighted by molar-refractivity contribution is 5.88. The second kappa shape index (κ2) is 9.82. The van der Waals surface area contributed by atoms with Crippen LogP contribution in [-0.2, 0) is 24.7 Å². The molecule has 6 nitrogen and oxygen atoms in total. The highest BCUT2D eigenvalue weighted by Crippen LogP contribution is 2.23. The second-order valence-corrected chi connectivity index (χ2v) is 8.26. The van der Waals surface area contributed by atoms with Crippen LogP contribution in [0.15, 0.2) is 24.3 Å². The summed E-state index contributed by atoms with van der Waals surface area (Å²) in [7, 11) is 1.84. The number of hydrogen-bond acceptors (Lipinski definition) is 4. The normalized spacial score (nSPS) is 15.1. The van der Waals surface area contributed by atoms with E-state index in [1.165, 1.54) is 11.1 Å². The fourth-order valence-corrected chi connectivity index (χ4v) is 3.72.